The quantitative estimate of drug-likeness (QED) is 0.704. The van der Waals surface area contributed by atoms with Gasteiger partial charge < -0.3 is 10.1 Å². The van der Waals surface area contributed by atoms with Gasteiger partial charge in [0.1, 0.15) is 12.4 Å². The molecule has 1 unspecified atom stereocenters. The van der Waals surface area contributed by atoms with Crippen molar-refractivity contribution in [2.24, 2.45) is 0 Å². The van der Waals surface area contributed by atoms with Crippen molar-refractivity contribution < 1.29 is 4.74 Å². The van der Waals surface area contributed by atoms with Crippen LogP contribution < -0.4 is 5.32 Å². The van der Waals surface area contributed by atoms with Crippen LogP contribution in [0.25, 0.3) is 5.76 Å². The van der Waals surface area contributed by atoms with Crippen LogP contribution in [0, 0.1) is 0 Å². The lowest BCUT2D eigenvalue weighted by molar-refractivity contribution is 0.229. The van der Waals surface area contributed by atoms with Crippen LogP contribution in [0.3, 0.4) is 0 Å². The Morgan fingerprint density at radius 2 is 2.08 bits per heavy atom. The Hall–Kier alpha value is -1.44. The summed E-state index contributed by atoms with van der Waals surface area (Å²) >= 11 is 0. The molecular formula is C11H13NO. The van der Waals surface area contributed by atoms with Crippen molar-refractivity contribution in [1.82, 2.24) is 5.32 Å². The van der Waals surface area contributed by atoms with Crippen LogP contribution in [0.4, 0.5) is 0 Å². The van der Waals surface area contributed by atoms with Gasteiger partial charge in [0.05, 0.1) is 6.04 Å². The number of ether oxygens (including phenoxy) is 1. The zero-order valence-electron chi connectivity index (χ0n) is 7.66. The maximum Gasteiger partial charge on any atom is 0.142 e. The number of rotatable bonds is 1. The lowest BCUT2D eigenvalue weighted by Crippen LogP contribution is -2.30. The topological polar surface area (TPSA) is 21.3 Å². The van der Waals surface area contributed by atoms with E-state index in [9.17, 15) is 0 Å². The SMILES string of the molecule is CC1COC(c2ccccc2)=CN1. The van der Waals surface area contributed by atoms with Gasteiger partial charge >= 0.3 is 0 Å². The predicted molar refractivity (Wildman–Crippen MR) is 53.0 cm³/mol. The van der Waals surface area contributed by atoms with Gasteiger partial charge in [-0.3, -0.25) is 0 Å². The highest BCUT2D eigenvalue weighted by atomic mass is 16.5. The summed E-state index contributed by atoms with van der Waals surface area (Å²) in [5.74, 6) is 0.929. The summed E-state index contributed by atoms with van der Waals surface area (Å²) in [4.78, 5) is 0. The summed E-state index contributed by atoms with van der Waals surface area (Å²) < 4.78 is 5.57. The predicted octanol–water partition coefficient (Wildman–Crippen LogP) is 1.99. The van der Waals surface area contributed by atoms with Crippen molar-refractivity contribution in [3.63, 3.8) is 0 Å². The normalized spacial score (nSPS) is 21.3. The summed E-state index contributed by atoms with van der Waals surface area (Å²) in [5.41, 5.74) is 1.13. The van der Waals surface area contributed by atoms with E-state index >= 15 is 0 Å². The van der Waals surface area contributed by atoms with E-state index in [0.29, 0.717) is 6.04 Å². The Labute approximate surface area is 78.2 Å². The van der Waals surface area contributed by atoms with Gasteiger partial charge in [-0.2, -0.15) is 0 Å². The molecule has 13 heavy (non-hydrogen) atoms. The Balaban J connectivity index is 2.19. The standard InChI is InChI=1S/C11H13NO/c1-9-8-13-11(7-12-9)10-5-3-2-4-6-10/h2-7,9,12H,8H2,1H3. The second-order valence-electron chi connectivity index (χ2n) is 3.25. The van der Waals surface area contributed by atoms with Gasteiger partial charge in [-0.1, -0.05) is 30.3 Å². The Morgan fingerprint density at radius 1 is 1.31 bits per heavy atom. The van der Waals surface area contributed by atoms with Crippen molar-refractivity contribution in [1.29, 1.82) is 0 Å². The van der Waals surface area contributed by atoms with E-state index < -0.39 is 0 Å². The first-order valence-corrected chi connectivity index (χ1v) is 4.51. The number of benzene rings is 1. The molecule has 1 N–H and O–H groups in total. The minimum Gasteiger partial charge on any atom is -0.489 e. The average molecular weight is 175 g/mol. The minimum atomic E-state index is 0.410. The zero-order chi connectivity index (χ0) is 9.10. The first-order chi connectivity index (χ1) is 6.36. The van der Waals surface area contributed by atoms with Crippen molar-refractivity contribution in [2.45, 2.75) is 13.0 Å². The summed E-state index contributed by atoms with van der Waals surface area (Å²) in [6.07, 6.45) is 1.93. The molecule has 1 aromatic rings. The second kappa shape index (κ2) is 3.52. The molecule has 2 nitrogen and oxygen atoms in total. The third kappa shape index (κ3) is 1.83. The molecule has 0 amide bonds. The van der Waals surface area contributed by atoms with Crippen LogP contribution in [-0.2, 0) is 4.74 Å². The molecule has 1 aliphatic heterocycles. The highest BCUT2D eigenvalue weighted by molar-refractivity contribution is 5.59. The first-order valence-electron chi connectivity index (χ1n) is 4.51. The van der Waals surface area contributed by atoms with Gasteiger partial charge in [0.2, 0.25) is 0 Å². The molecule has 0 spiro atoms. The molecule has 0 fully saturated rings. The molecule has 68 valence electrons. The fourth-order valence-corrected chi connectivity index (χ4v) is 1.29. The molecule has 1 atom stereocenters. The van der Waals surface area contributed by atoms with E-state index in [1.54, 1.807) is 0 Å². The third-order valence-electron chi connectivity index (χ3n) is 2.05. The van der Waals surface area contributed by atoms with Gasteiger partial charge in [0.15, 0.2) is 0 Å². The molecular weight excluding hydrogens is 162 g/mol. The van der Waals surface area contributed by atoms with E-state index in [0.717, 1.165) is 17.9 Å². The van der Waals surface area contributed by atoms with Crippen LogP contribution in [0.5, 0.6) is 0 Å². The molecule has 0 saturated carbocycles. The molecule has 0 saturated heterocycles. The van der Waals surface area contributed by atoms with Gasteiger partial charge in [-0.15, -0.1) is 0 Å². The lowest BCUT2D eigenvalue weighted by Gasteiger charge is -2.21. The van der Waals surface area contributed by atoms with Crippen LogP contribution in [0.2, 0.25) is 0 Å². The monoisotopic (exact) mass is 175 g/mol. The maximum absolute atomic E-state index is 5.57. The van der Waals surface area contributed by atoms with E-state index in [-0.39, 0.29) is 0 Å². The zero-order valence-corrected chi connectivity index (χ0v) is 7.66. The second-order valence-corrected chi connectivity index (χ2v) is 3.25. The number of hydrogen-bond donors (Lipinski definition) is 1. The van der Waals surface area contributed by atoms with E-state index in [1.165, 1.54) is 0 Å². The maximum atomic E-state index is 5.57. The molecule has 0 aliphatic carbocycles. The summed E-state index contributed by atoms with van der Waals surface area (Å²) in [7, 11) is 0. The highest BCUT2D eigenvalue weighted by Crippen LogP contribution is 2.17. The molecule has 1 aromatic carbocycles. The largest absolute Gasteiger partial charge is 0.489 e. The summed E-state index contributed by atoms with van der Waals surface area (Å²) in [5, 5.41) is 3.24. The van der Waals surface area contributed by atoms with E-state index in [1.807, 2.05) is 36.5 Å². The van der Waals surface area contributed by atoms with E-state index in [4.69, 9.17) is 4.74 Å². The average Bonchev–Trinajstić information content (AvgIpc) is 2.20. The Kier molecular flexibility index (Phi) is 2.21. The fraction of sp³-hybridized carbons (Fsp3) is 0.273. The van der Waals surface area contributed by atoms with Gasteiger partial charge in [-0.05, 0) is 6.92 Å². The van der Waals surface area contributed by atoms with Crippen LogP contribution >= 0.6 is 0 Å². The van der Waals surface area contributed by atoms with Gasteiger partial charge in [-0.25, -0.2) is 0 Å². The summed E-state index contributed by atoms with van der Waals surface area (Å²) in [6.45, 7) is 2.83. The third-order valence-corrected chi connectivity index (χ3v) is 2.05. The van der Waals surface area contributed by atoms with Crippen molar-refractivity contribution in [3.8, 4) is 0 Å². The van der Waals surface area contributed by atoms with Crippen molar-refractivity contribution >= 4 is 5.76 Å². The smallest absolute Gasteiger partial charge is 0.142 e. The van der Waals surface area contributed by atoms with Gasteiger partial charge in [0.25, 0.3) is 0 Å². The molecule has 0 aromatic heterocycles. The van der Waals surface area contributed by atoms with Crippen LogP contribution in [0.15, 0.2) is 36.5 Å². The summed E-state index contributed by atoms with van der Waals surface area (Å²) in [6, 6.07) is 10.5. The van der Waals surface area contributed by atoms with E-state index in [2.05, 4.69) is 12.2 Å². The van der Waals surface area contributed by atoms with Crippen LogP contribution in [-0.4, -0.2) is 12.6 Å². The molecule has 0 radical (unpaired) electrons. The van der Waals surface area contributed by atoms with Crippen LogP contribution in [0.1, 0.15) is 12.5 Å². The Morgan fingerprint density at radius 3 is 2.69 bits per heavy atom. The first kappa shape index (κ1) is 8.17. The Bertz CT molecular complexity index is 305. The van der Waals surface area contributed by atoms with Crippen molar-refractivity contribution in [2.75, 3.05) is 6.61 Å². The molecule has 0 bridgehead atoms. The minimum absolute atomic E-state index is 0.410. The van der Waals surface area contributed by atoms with Gasteiger partial charge in [0, 0.05) is 11.8 Å². The molecule has 1 aliphatic rings. The molecule has 2 rings (SSSR count). The highest BCUT2D eigenvalue weighted by Gasteiger charge is 2.10. The number of hydrogen-bond acceptors (Lipinski definition) is 2. The number of nitrogens with one attached hydrogen (secondary N) is 1. The lowest BCUT2D eigenvalue weighted by atomic mass is 10.2. The molecule has 1 heterocycles. The van der Waals surface area contributed by atoms with Crippen molar-refractivity contribution in [3.05, 3.63) is 42.1 Å². The fourth-order valence-electron chi connectivity index (χ4n) is 1.29. The molecule has 2 heteroatoms.